The number of carbonyl (C=O) groups is 1. The van der Waals surface area contributed by atoms with E-state index in [1.165, 1.54) is 12.1 Å². The minimum absolute atomic E-state index is 0.0376. The molecule has 1 fully saturated rings. The summed E-state index contributed by atoms with van der Waals surface area (Å²) in [6.45, 7) is 13.8. The third-order valence-corrected chi connectivity index (χ3v) is 10.5. The zero-order chi connectivity index (χ0) is 29.5. The number of thiazole rings is 1. The molecule has 1 saturated heterocycles. The number of benzene rings is 2. The van der Waals surface area contributed by atoms with Crippen LogP contribution in [0.4, 0.5) is 0 Å². The topological polar surface area (TPSA) is 87.6 Å². The summed E-state index contributed by atoms with van der Waals surface area (Å²) in [6, 6.07) is 10.1. The number of phenols is 1. The second-order valence-electron chi connectivity index (χ2n) is 12.7. The zero-order valence-corrected chi connectivity index (χ0v) is 26.5. The Labute approximate surface area is 247 Å². The number of nitrogens with zero attached hydrogens (tertiary/aromatic N) is 2. The molecule has 1 amide bonds. The van der Waals surface area contributed by atoms with Crippen molar-refractivity contribution in [2.24, 2.45) is 0 Å². The number of rotatable bonds is 6. The number of aromatic nitrogens is 1. The molecule has 216 valence electrons. The van der Waals surface area contributed by atoms with Crippen molar-refractivity contribution in [3.05, 3.63) is 62.9 Å². The van der Waals surface area contributed by atoms with E-state index in [0.29, 0.717) is 23.9 Å². The van der Waals surface area contributed by atoms with Gasteiger partial charge in [0.15, 0.2) is 9.84 Å². The lowest BCUT2D eigenvalue weighted by Gasteiger charge is -2.31. The van der Waals surface area contributed by atoms with Crippen LogP contribution in [-0.4, -0.2) is 48.2 Å². The van der Waals surface area contributed by atoms with E-state index in [-0.39, 0.29) is 39.7 Å². The molecule has 3 aromatic rings. The molecule has 0 spiro atoms. The van der Waals surface area contributed by atoms with E-state index in [1.54, 1.807) is 28.4 Å². The molecule has 2 heterocycles. The second kappa shape index (κ2) is 11.5. The van der Waals surface area contributed by atoms with Gasteiger partial charge in [0.05, 0.1) is 21.3 Å². The van der Waals surface area contributed by atoms with E-state index in [0.717, 1.165) is 40.2 Å². The molecule has 40 heavy (non-hydrogen) atoms. The minimum Gasteiger partial charge on any atom is -0.507 e. The molecule has 0 atom stereocenters. The number of phenolic OH excluding ortho intramolecular Hbond substituents is 1. The summed E-state index contributed by atoms with van der Waals surface area (Å²) < 4.78 is 25.2. The van der Waals surface area contributed by atoms with E-state index < -0.39 is 9.84 Å². The highest BCUT2D eigenvalue weighted by molar-refractivity contribution is 7.91. The number of piperidine rings is 1. The molecule has 0 bridgehead atoms. The maximum absolute atomic E-state index is 12.8. The first-order valence-electron chi connectivity index (χ1n) is 13.7. The Hall–Kier alpha value is -2.42. The zero-order valence-electron chi connectivity index (χ0n) is 24.1. The van der Waals surface area contributed by atoms with Gasteiger partial charge in [-0.3, -0.25) is 4.79 Å². The number of aromatic hydroxyl groups is 1. The Morgan fingerprint density at radius 3 is 2.10 bits per heavy atom. The van der Waals surface area contributed by atoms with Gasteiger partial charge in [-0.15, -0.1) is 11.3 Å². The SMILES string of the molecule is CC(C)(C)c1cc(-c2csc(C3CCN(C(=O)CCS(=O)(=O)c4ccc(Cl)cc4)CC3)n2)cc(C(C)(C)C)c1O. The van der Waals surface area contributed by atoms with Crippen molar-refractivity contribution in [2.45, 2.75) is 82.4 Å². The van der Waals surface area contributed by atoms with Crippen molar-refractivity contribution in [1.29, 1.82) is 0 Å². The molecule has 0 aliphatic carbocycles. The van der Waals surface area contributed by atoms with Gasteiger partial charge >= 0.3 is 0 Å². The van der Waals surface area contributed by atoms with Gasteiger partial charge in [0, 0.05) is 52.5 Å². The van der Waals surface area contributed by atoms with E-state index in [4.69, 9.17) is 16.6 Å². The van der Waals surface area contributed by atoms with Gasteiger partial charge in [-0.2, -0.15) is 0 Å². The van der Waals surface area contributed by atoms with Crippen molar-refractivity contribution >= 4 is 38.7 Å². The highest BCUT2D eigenvalue weighted by atomic mass is 35.5. The average Bonchev–Trinajstić information content (AvgIpc) is 3.37. The first kappa shape index (κ1) is 30.5. The van der Waals surface area contributed by atoms with Crippen LogP contribution in [-0.2, 0) is 25.5 Å². The molecule has 0 unspecified atom stereocenters. The van der Waals surface area contributed by atoms with Crippen molar-refractivity contribution in [3.8, 4) is 17.0 Å². The summed E-state index contributed by atoms with van der Waals surface area (Å²) in [4.78, 5) is 19.8. The number of hydrogen-bond donors (Lipinski definition) is 1. The fourth-order valence-corrected chi connectivity index (χ4v) is 7.41. The summed E-state index contributed by atoms with van der Waals surface area (Å²) in [6.07, 6.45) is 1.54. The Morgan fingerprint density at radius 1 is 1.02 bits per heavy atom. The fraction of sp³-hybridized carbons (Fsp3) is 0.484. The van der Waals surface area contributed by atoms with Gasteiger partial charge in [0.1, 0.15) is 5.75 Å². The number of halogens is 1. The predicted molar refractivity (Wildman–Crippen MR) is 163 cm³/mol. The van der Waals surface area contributed by atoms with Crippen LogP contribution in [0.3, 0.4) is 0 Å². The van der Waals surface area contributed by atoms with Crippen molar-refractivity contribution in [2.75, 3.05) is 18.8 Å². The highest BCUT2D eigenvalue weighted by Gasteiger charge is 2.29. The minimum atomic E-state index is -3.55. The number of likely N-dealkylation sites (tertiary alicyclic amines) is 1. The molecule has 0 radical (unpaired) electrons. The molecule has 2 aromatic carbocycles. The van der Waals surface area contributed by atoms with Crippen LogP contribution in [0.15, 0.2) is 46.7 Å². The lowest BCUT2D eigenvalue weighted by atomic mass is 9.78. The maximum Gasteiger partial charge on any atom is 0.223 e. The van der Waals surface area contributed by atoms with Gasteiger partial charge in [0.2, 0.25) is 5.91 Å². The summed E-state index contributed by atoms with van der Waals surface area (Å²) >= 11 is 7.50. The van der Waals surface area contributed by atoms with Crippen LogP contribution in [0.25, 0.3) is 11.3 Å². The van der Waals surface area contributed by atoms with E-state index >= 15 is 0 Å². The van der Waals surface area contributed by atoms with E-state index in [1.807, 2.05) is 0 Å². The highest BCUT2D eigenvalue weighted by Crippen LogP contribution is 2.42. The lowest BCUT2D eigenvalue weighted by molar-refractivity contribution is -0.131. The largest absolute Gasteiger partial charge is 0.507 e. The first-order valence-corrected chi connectivity index (χ1v) is 16.6. The van der Waals surface area contributed by atoms with Gasteiger partial charge < -0.3 is 10.0 Å². The maximum atomic E-state index is 12.8. The van der Waals surface area contributed by atoms with Gasteiger partial charge in [-0.1, -0.05) is 53.1 Å². The number of hydrogen-bond acceptors (Lipinski definition) is 6. The van der Waals surface area contributed by atoms with Gasteiger partial charge in [-0.05, 0) is 60.1 Å². The monoisotopic (exact) mass is 602 g/mol. The molecule has 0 saturated carbocycles. The summed E-state index contributed by atoms with van der Waals surface area (Å²) in [7, 11) is -3.55. The van der Waals surface area contributed by atoms with Crippen LogP contribution >= 0.6 is 22.9 Å². The Balaban J connectivity index is 1.42. The van der Waals surface area contributed by atoms with Crippen molar-refractivity contribution in [3.63, 3.8) is 0 Å². The number of amides is 1. The molecule has 1 aromatic heterocycles. The van der Waals surface area contributed by atoms with Crippen molar-refractivity contribution < 1.29 is 18.3 Å². The normalized spacial score (nSPS) is 15.4. The quantitative estimate of drug-likeness (QED) is 0.319. The Morgan fingerprint density at radius 2 is 1.57 bits per heavy atom. The summed E-state index contributed by atoms with van der Waals surface area (Å²) in [5, 5.41) is 14.7. The average molecular weight is 603 g/mol. The molecule has 1 aliphatic heterocycles. The third kappa shape index (κ3) is 6.89. The first-order chi connectivity index (χ1) is 18.6. The second-order valence-corrected chi connectivity index (χ2v) is 16.1. The van der Waals surface area contributed by atoms with Gasteiger partial charge in [0.25, 0.3) is 0 Å². The molecule has 1 N–H and O–H groups in total. The van der Waals surface area contributed by atoms with Crippen LogP contribution in [0.5, 0.6) is 5.75 Å². The summed E-state index contributed by atoms with van der Waals surface area (Å²) in [5.74, 6) is 0.256. The van der Waals surface area contributed by atoms with Crippen LogP contribution in [0.1, 0.15) is 82.9 Å². The molecule has 4 rings (SSSR count). The smallest absolute Gasteiger partial charge is 0.223 e. The van der Waals surface area contributed by atoms with Crippen LogP contribution in [0.2, 0.25) is 5.02 Å². The fourth-order valence-electron chi connectivity index (χ4n) is 5.05. The molecule has 1 aliphatic rings. The van der Waals surface area contributed by atoms with E-state index in [2.05, 4.69) is 59.1 Å². The lowest BCUT2D eigenvalue weighted by Crippen LogP contribution is -2.38. The van der Waals surface area contributed by atoms with Gasteiger partial charge in [-0.25, -0.2) is 13.4 Å². The number of carbonyl (C=O) groups excluding carboxylic acids is 1. The number of sulfone groups is 1. The predicted octanol–water partition coefficient (Wildman–Crippen LogP) is 7.33. The van der Waals surface area contributed by atoms with Crippen molar-refractivity contribution in [1.82, 2.24) is 9.88 Å². The standard InChI is InChI=1S/C31H39ClN2O4S2/c1-30(2,3)24-17-21(18-25(28(24)36)31(4,5)6)26-19-39-29(33-26)20-11-14-34(15-12-20)27(35)13-16-40(37,38)23-9-7-22(32)8-10-23/h7-10,17-20,36H,11-16H2,1-6H3. The molecular formula is C31H39ClN2O4S2. The summed E-state index contributed by atoms with van der Waals surface area (Å²) in [5.41, 5.74) is 3.30. The Bertz CT molecular complexity index is 1440. The molecular weight excluding hydrogens is 564 g/mol. The van der Waals surface area contributed by atoms with Crippen LogP contribution in [0, 0.1) is 0 Å². The molecule has 6 nitrogen and oxygen atoms in total. The van der Waals surface area contributed by atoms with E-state index in [9.17, 15) is 18.3 Å². The third-order valence-electron chi connectivity index (χ3n) is 7.50. The van der Waals surface area contributed by atoms with Crippen LogP contribution < -0.4 is 0 Å². The molecule has 9 heteroatoms. The Kier molecular flexibility index (Phi) is 8.75.